The molecule has 0 aromatic carbocycles. The Kier molecular flexibility index (Phi) is 26.8. The highest BCUT2D eigenvalue weighted by Crippen LogP contribution is 2.21. The van der Waals surface area contributed by atoms with Gasteiger partial charge < -0.3 is 17.7 Å². The first-order chi connectivity index (χ1) is 20.4. The van der Waals surface area contributed by atoms with Crippen molar-refractivity contribution in [2.45, 2.75) is 188 Å². The van der Waals surface area contributed by atoms with Crippen molar-refractivity contribution in [2.24, 2.45) is 0 Å². The average molecular weight is 677 g/mol. The predicted molar refractivity (Wildman–Crippen MR) is 206 cm³/mol. The first kappa shape index (κ1) is 51.7. The van der Waals surface area contributed by atoms with Crippen LogP contribution in [0.1, 0.15) is 234 Å². The van der Waals surface area contributed by atoms with E-state index in [-0.39, 0.29) is 29.7 Å². The molecule has 8 nitrogen and oxygen atoms in total. The maximum Gasteiger partial charge on any atom is 0.196 e. The van der Waals surface area contributed by atoms with Crippen LogP contribution in [0.5, 0.6) is 0 Å². The van der Waals surface area contributed by atoms with Crippen LogP contribution in [0.25, 0.3) is 0 Å². The Labute approximate surface area is 296 Å². The molecule has 4 rings (SSSR count). The maximum absolute atomic E-state index is 5.50. The summed E-state index contributed by atoms with van der Waals surface area (Å²) in [4.78, 5) is 17.0. The number of nitrogens with zero attached hydrogens (tertiary/aromatic N) is 4. The lowest BCUT2D eigenvalue weighted by molar-refractivity contribution is 0.422. The van der Waals surface area contributed by atoms with E-state index in [0.717, 1.165) is 46.5 Å². The van der Waals surface area contributed by atoms with Gasteiger partial charge in [0.1, 0.15) is 24.0 Å². The van der Waals surface area contributed by atoms with Gasteiger partial charge in [0.15, 0.2) is 23.6 Å². The first-order valence-corrected chi connectivity index (χ1v) is 16.3. The topological polar surface area (TPSA) is 104 Å². The van der Waals surface area contributed by atoms with Crippen molar-refractivity contribution in [1.82, 2.24) is 19.9 Å². The molecule has 0 bridgehead atoms. The number of hydrogen-bond acceptors (Lipinski definition) is 8. The van der Waals surface area contributed by atoms with Crippen molar-refractivity contribution in [3.8, 4) is 0 Å². The van der Waals surface area contributed by atoms with Crippen molar-refractivity contribution in [3.05, 3.63) is 71.4 Å². The zero-order chi connectivity index (χ0) is 33.7. The average Bonchev–Trinajstić information content (AvgIpc) is 3.76. The van der Waals surface area contributed by atoms with E-state index >= 15 is 0 Å². The third-order valence-electron chi connectivity index (χ3n) is 6.46. The summed E-state index contributed by atoms with van der Waals surface area (Å²) in [7, 11) is 0. The van der Waals surface area contributed by atoms with E-state index in [4.69, 9.17) is 17.7 Å². The van der Waals surface area contributed by atoms with Crippen molar-refractivity contribution in [2.75, 3.05) is 0 Å². The van der Waals surface area contributed by atoms with Crippen molar-refractivity contribution in [1.29, 1.82) is 0 Å². The SMILES string of the molecule is C.C.C.C.CC(C)c1cnc(C(C)C)o1.CC(C)c1cnc(C(C)C)o1.CC(C)c1coc(C(C)C)n1.CC(C)c1coc(C(C)C)n1. The lowest BCUT2D eigenvalue weighted by Crippen LogP contribution is -1.90. The Bertz CT molecular complexity index is 1010. The number of rotatable bonds is 8. The third kappa shape index (κ3) is 17.8. The van der Waals surface area contributed by atoms with Crippen LogP contribution in [0.3, 0.4) is 0 Å². The second kappa shape index (κ2) is 24.9. The minimum Gasteiger partial charge on any atom is -0.448 e. The van der Waals surface area contributed by atoms with Crippen molar-refractivity contribution >= 4 is 0 Å². The number of hydrogen-bond donors (Lipinski definition) is 0. The van der Waals surface area contributed by atoms with Crippen LogP contribution in [0.15, 0.2) is 42.6 Å². The van der Waals surface area contributed by atoms with Crippen LogP contribution in [0.4, 0.5) is 0 Å². The van der Waals surface area contributed by atoms with Crippen LogP contribution >= 0.6 is 0 Å². The molecule has 0 N–H and O–H groups in total. The molecule has 0 fully saturated rings. The van der Waals surface area contributed by atoms with Gasteiger partial charge in [-0.2, -0.15) is 0 Å². The van der Waals surface area contributed by atoms with Crippen LogP contribution < -0.4 is 0 Å². The highest BCUT2D eigenvalue weighted by molar-refractivity contribution is 5.04. The largest absolute Gasteiger partial charge is 0.448 e. The van der Waals surface area contributed by atoms with Gasteiger partial charge in [0.05, 0.1) is 23.8 Å². The van der Waals surface area contributed by atoms with E-state index in [2.05, 4.69) is 131 Å². The molecule has 0 radical (unpaired) electrons. The molecule has 0 unspecified atom stereocenters. The van der Waals surface area contributed by atoms with Crippen molar-refractivity contribution < 1.29 is 17.7 Å². The van der Waals surface area contributed by atoms with Gasteiger partial charge in [-0.1, -0.05) is 140 Å². The van der Waals surface area contributed by atoms with Crippen LogP contribution in [0.2, 0.25) is 0 Å². The van der Waals surface area contributed by atoms with Crippen LogP contribution in [0, 0.1) is 0 Å². The molecule has 8 heteroatoms. The molecular formula is C40H76N4O4. The lowest BCUT2D eigenvalue weighted by Gasteiger charge is -1.98. The lowest BCUT2D eigenvalue weighted by atomic mass is 10.1. The zero-order valence-electron chi connectivity index (χ0n) is 30.4. The van der Waals surface area contributed by atoms with Gasteiger partial charge in [0.25, 0.3) is 0 Å². The molecule has 4 heterocycles. The highest BCUT2D eigenvalue weighted by Gasteiger charge is 2.12. The molecule has 0 amide bonds. The Morgan fingerprint density at radius 1 is 0.375 bits per heavy atom. The first-order valence-electron chi connectivity index (χ1n) is 16.3. The van der Waals surface area contributed by atoms with E-state index in [9.17, 15) is 0 Å². The second-order valence-electron chi connectivity index (χ2n) is 13.7. The number of aromatic nitrogens is 4. The summed E-state index contributed by atoms with van der Waals surface area (Å²) in [6.07, 6.45) is 7.14. The number of oxazole rings is 4. The summed E-state index contributed by atoms with van der Waals surface area (Å²) in [5.41, 5.74) is 2.10. The predicted octanol–water partition coefficient (Wildman–Crippen LogP) is 14.2. The summed E-state index contributed by atoms with van der Waals surface area (Å²) >= 11 is 0. The molecule has 0 aliphatic heterocycles. The standard InChI is InChI=1S/4C9H15NO.4CH4/c2*1-6(2)8-5-11-9(10-8)7(3)4;2*1-6(2)8-5-10-9(11-8)7(3)4;;;;/h4*5-7H,1-4H3;4*1H4. The van der Waals surface area contributed by atoms with E-state index < -0.39 is 0 Å². The molecule has 0 saturated carbocycles. The Balaban J connectivity index is -0.000000262. The van der Waals surface area contributed by atoms with Gasteiger partial charge in [0, 0.05) is 35.5 Å². The quantitative estimate of drug-likeness (QED) is 0.181. The van der Waals surface area contributed by atoms with Crippen molar-refractivity contribution in [3.63, 3.8) is 0 Å². The molecule has 0 aliphatic carbocycles. The molecule has 4 aromatic heterocycles. The molecule has 48 heavy (non-hydrogen) atoms. The monoisotopic (exact) mass is 677 g/mol. The minimum atomic E-state index is 0. The molecule has 0 aliphatic rings. The smallest absolute Gasteiger partial charge is 0.196 e. The van der Waals surface area contributed by atoms with Gasteiger partial charge in [0.2, 0.25) is 0 Å². The summed E-state index contributed by atoms with van der Waals surface area (Å²) in [5, 5.41) is 0. The van der Waals surface area contributed by atoms with Crippen LogP contribution in [-0.2, 0) is 0 Å². The van der Waals surface area contributed by atoms with Gasteiger partial charge >= 0.3 is 0 Å². The molecule has 0 saturated heterocycles. The molecule has 0 spiro atoms. The van der Waals surface area contributed by atoms with Gasteiger partial charge in [-0.25, -0.2) is 19.9 Å². The van der Waals surface area contributed by atoms with E-state index in [0.29, 0.717) is 47.3 Å². The second-order valence-corrected chi connectivity index (χ2v) is 13.7. The zero-order valence-corrected chi connectivity index (χ0v) is 30.4. The fourth-order valence-corrected chi connectivity index (χ4v) is 3.33. The normalized spacial score (nSPS) is 10.5. The highest BCUT2D eigenvalue weighted by atomic mass is 16.4. The maximum atomic E-state index is 5.50. The summed E-state index contributed by atoms with van der Waals surface area (Å²) in [6, 6.07) is 0. The fourth-order valence-electron chi connectivity index (χ4n) is 3.33. The van der Waals surface area contributed by atoms with E-state index in [1.54, 1.807) is 12.5 Å². The minimum absolute atomic E-state index is 0. The molecule has 280 valence electrons. The summed E-state index contributed by atoms with van der Waals surface area (Å²) in [6.45, 7) is 33.5. The van der Waals surface area contributed by atoms with Crippen LogP contribution in [-0.4, -0.2) is 19.9 Å². The van der Waals surface area contributed by atoms with Gasteiger partial charge in [-0.3, -0.25) is 0 Å². The molecule has 0 atom stereocenters. The molecule has 4 aromatic rings. The summed E-state index contributed by atoms with van der Waals surface area (Å²) in [5.74, 6) is 8.70. The van der Waals surface area contributed by atoms with E-state index in [1.165, 1.54) is 0 Å². The Hall–Kier alpha value is -3.16. The Morgan fingerprint density at radius 2 is 0.646 bits per heavy atom. The Morgan fingerprint density at radius 3 is 0.771 bits per heavy atom. The third-order valence-corrected chi connectivity index (χ3v) is 6.46. The van der Waals surface area contributed by atoms with Gasteiger partial charge in [-0.15, -0.1) is 0 Å². The van der Waals surface area contributed by atoms with E-state index in [1.807, 2.05) is 12.4 Å². The fraction of sp³-hybridized carbons (Fsp3) is 0.700. The summed E-state index contributed by atoms with van der Waals surface area (Å²) < 4.78 is 21.5. The molecular weight excluding hydrogens is 600 g/mol. The van der Waals surface area contributed by atoms with Gasteiger partial charge in [-0.05, 0) is 11.8 Å².